The Morgan fingerprint density at radius 2 is 1.93 bits per heavy atom. The van der Waals surface area contributed by atoms with Gasteiger partial charge in [0, 0.05) is 32.4 Å². The summed E-state index contributed by atoms with van der Waals surface area (Å²) in [6.45, 7) is 2.93. The zero-order valence-corrected chi connectivity index (χ0v) is 17.1. The van der Waals surface area contributed by atoms with Gasteiger partial charge in [-0.2, -0.15) is 0 Å². The lowest BCUT2D eigenvalue weighted by atomic mass is 9.73. The first-order chi connectivity index (χ1) is 14.2. The monoisotopic (exact) mass is 394 g/mol. The van der Waals surface area contributed by atoms with Crippen LogP contribution in [0.3, 0.4) is 0 Å². The summed E-state index contributed by atoms with van der Waals surface area (Å²) in [5.41, 5.74) is 2.41. The average Bonchev–Trinajstić information content (AvgIpc) is 3.42. The largest absolute Gasteiger partial charge is 0.459 e. The number of anilines is 1. The molecule has 29 heavy (non-hydrogen) atoms. The standard InChI is InChI=1S/C23H30N4O2/c1-24-22(27-14-13-23(17-27)11-3-2-4-12-23)25-16-18-7-9-19(10-8-18)26-21(28)20-6-5-15-29-20/h5-10,15H,2-4,11-14,16-17H2,1H3,(H,24,25)(H,26,28). The molecular weight excluding hydrogens is 364 g/mol. The van der Waals surface area contributed by atoms with E-state index in [4.69, 9.17) is 4.42 Å². The molecule has 4 rings (SSSR count). The molecule has 6 heteroatoms. The first kappa shape index (κ1) is 19.6. The zero-order valence-electron chi connectivity index (χ0n) is 17.1. The van der Waals surface area contributed by atoms with E-state index in [2.05, 4.69) is 20.5 Å². The maximum atomic E-state index is 12.1. The highest BCUT2D eigenvalue weighted by Crippen LogP contribution is 2.43. The van der Waals surface area contributed by atoms with Crippen LogP contribution in [0.5, 0.6) is 0 Å². The van der Waals surface area contributed by atoms with Crippen molar-refractivity contribution in [2.45, 2.75) is 45.1 Å². The van der Waals surface area contributed by atoms with Gasteiger partial charge < -0.3 is 20.0 Å². The Labute approximate surface area is 172 Å². The van der Waals surface area contributed by atoms with E-state index in [1.54, 1.807) is 12.1 Å². The molecule has 0 radical (unpaired) electrons. The molecule has 2 N–H and O–H groups in total. The topological polar surface area (TPSA) is 69.9 Å². The molecule has 0 unspecified atom stereocenters. The number of hydrogen-bond donors (Lipinski definition) is 2. The highest BCUT2D eigenvalue weighted by Gasteiger charge is 2.39. The first-order valence-electron chi connectivity index (χ1n) is 10.6. The number of nitrogens with zero attached hydrogens (tertiary/aromatic N) is 2. The molecule has 1 spiro atoms. The Morgan fingerprint density at radius 3 is 2.62 bits per heavy atom. The molecule has 2 fully saturated rings. The summed E-state index contributed by atoms with van der Waals surface area (Å²) >= 11 is 0. The lowest BCUT2D eigenvalue weighted by Crippen LogP contribution is -2.41. The Morgan fingerprint density at radius 1 is 1.14 bits per heavy atom. The van der Waals surface area contributed by atoms with Crippen LogP contribution in [0.1, 0.15) is 54.6 Å². The summed E-state index contributed by atoms with van der Waals surface area (Å²) in [5.74, 6) is 1.05. The number of guanidine groups is 1. The lowest BCUT2D eigenvalue weighted by Gasteiger charge is -2.33. The third kappa shape index (κ3) is 4.63. The Kier molecular flexibility index (Phi) is 5.88. The fraction of sp³-hybridized carbons (Fsp3) is 0.478. The second-order valence-electron chi connectivity index (χ2n) is 8.26. The van der Waals surface area contributed by atoms with E-state index in [0.29, 0.717) is 17.7 Å². The minimum absolute atomic E-state index is 0.244. The van der Waals surface area contributed by atoms with Crippen molar-refractivity contribution in [1.29, 1.82) is 0 Å². The van der Waals surface area contributed by atoms with Gasteiger partial charge >= 0.3 is 0 Å². The second-order valence-corrected chi connectivity index (χ2v) is 8.26. The number of benzene rings is 1. The van der Waals surface area contributed by atoms with Gasteiger partial charge in [-0.1, -0.05) is 31.4 Å². The molecule has 2 heterocycles. The maximum Gasteiger partial charge on any atom is 0.291 e. The summed E-state index contributed by atoms with van der Waals surface area (Å²) in [4.78, 5) is 19.0. The van der Waals surface area contributed by atoms with Crippen LogP contribution in [0.4, 0.5) is 5.69 Å². The fourth-order valence-electron chi connectivity index (χ4n) is 4.65. The van der Waals surface area contributed by atoms with Gasteiger partial charge in [0.15, 0.2) is 11.7 Å². The Balaban J connectivity index is 1.29. The van der Waals surface area contributed by atoms with Crippen LogP contribution in [0.2, 0.25) is 0 Å². The smallest absolute Gasteiger partial charge is 0.291 e. The van der Waals surface area contributed by atoms with E-state index >= 15 is 0 Å². The fourth-order valence-corrected chi connectivity index (χ4v) is 4.65. The summed E-state index contributed by atoms with van der Waals surface area (Å²) in [6.07, 6.45) is 9.67. The van der Waals surface area contributed by atoms with Crippen molar-refractivity contribution in [3.63, 3.8) is 0 Å². The van der Waals surface area contributed by atoms with Crippen molar-refractivity contribution in [3.8, 4) is 0 Å². The average molecular weight is 395 g/mol. The number of hydrogen-bond acceptors (Lipinski definition) is 3. The molecule has 0 atom stereocenters. The molecule has 6 nitrogen and oxygen atoms in total. The number of amides is 1. The van der Waals surface area contributed by atoms with E-state index in [0.717, 1.165) is 30.3 Å². The van der Waals surface area contributed by atoms with E-state index in [1.165, 1.54) is 44.8 Å². The van der Waals surface area contributed by atoms with E-state index in [1.807, 2.05) is 31.3 Å². The molecule has 1 saturated carbocycles. The van der Waals surface area contributed by atoms with Gasteiger partial charge in [0.1, 0.15) is 0 Å². The van der Waals surface area contributed by atoms with Crippen LogP contribution in [0, 0.1) is 5.41 Å². The minimum Gasteiger partial charge on any atom is -0.459 e. The number of furan rings is 1. The van der Waals surface area contributed by atoms with Gasteiger partial charge in [0.2, 0.25) is 0 Å². The van der Waals surface area contributed by atoms with E-state index in [-0.39, 0.29) is 5.91 Å². The number of carbonyl (C=O) groups excluding carboxylic acids is 1. The quantitative estimate of drug-likeness (QED) is 0.600. The Hall–Kier alpha value is -2.76. The minimum atomic E-state index is -0.244. The zero-order chi connectivity index (χ0) is 20.1. The van der Waals surface area contributed by atoms with Crippen molar-refractivity contribution < 1.29 is 9.21 Å². The van der Waals surface area contributed by atoms with Gasteiger partial charge in [-0.25, -0.2) is 0 Å². The van der Waals surface area contributed by atoms with Crippen LogP contribution < -0.4 is 10.6 Å². The molecule has 2 aromatic rings. The third-order valence-electron chi connectivity index (χ3n) is 6.27. The van der Waals surface area contributed by atoms with Gasteiger partial charge in [0.05, 0.1) is 6.26 Å². The number of rotatable bonds is 4. The molecule has 154 valence electrons. The number of aliphatic imine (C=N–C) groups is 1. The molecule has 1 aliphatic heterocycles. The van der Waals surface area contributed by atoms with Gasteiger partial charge in [-0.3, -0.25) is 9.79 Å². The maximum absolute atomic E-state index is 12.1. The third-order valence-corrected chi connectivity index (χ3v) is 6.27. The molecular formula is C23H30N4O2. The highest BCUT2D eigenvalue weighted by atomic mass is 16.3. The van der Waals surface area contributed by atoms with Crippen molar-refractivity contribution in [2.75, 3.05) is 25.5 Å². The van der Waals surface area contributed by atoms with Crippen molar-refractivity contribution in [2.24, 2.45) is 10.4 Å². The second kappa shape index (κ2) is 8.72. The summed E-state index contributed by atoms with van der Waals surface area (Å²) in [7, 11) is 1.86. The normalized spacial score (nSPS) is 18.8. The van der Waals surface area contributed by atoms with E-state index < -0.39 is 0 Å². The molecule has 1 aliphatic carbocycles. The molecule has 1 amide bonds. The first-order valence-corrected chi connectivity index (χ1v) is 10.6. The predicted molar refractivity (Wildman–Crippen MR) is 115 cm³/mol. The molecule has 0 bridgehead atoms. The molecule has 1 aromatic carbocycles. The lowest BCUT2D eigenvalue weighted by molar-refractivity contribution is 0.0996. The van der Waals surface area contributed by atoms with Crippen molar-refractivity contribution >= 4 is 17.6 Å². The molecule has 2 aliphatic rings. The summed E-state index contributed by atoms with van der Waals surface area (Å²) in [6, 6.07) is 11.2. The van der Waals surface area contributed by atoms with Crippen LogP contribution in [-0.2, 0) is 6.54 Å². The van der Waals surface area contributed by atoms with Crippen molar-refractivity contribution in [1.82, 2.24) is 10.2 Å². The SMILES string of the molecule is CN=C(NCc1ccc(NC(=O)c2ccco2)cc1)N1CCC2(CCCCC2)C1. The van der Waals surface area contributed by atoms with Crippen LogP contribution in [0.25, 0.3) is 0 Å². The van der Waals surface area contributed by atoms with Crippen LogP contribution in [0.15, 0.2) is 52.1 Å². The van der Waals surface area contributed by atoms with Gasteiger partial charge in [-0.15, -0.1) is 0 Å². The Bertz CT molecular complexity index is 836. The summed E-state index contributed by atoms with van der Waals surface area (Å²) < 4.78 is 5.12. The molecule has 1 aromatic heterocycles. The van der Waals surface area contributed by atoms with Crippen LogP contribution >= 0.6 is 0 Å². The number of nitrogens with one attached hydrogen (secondary N) is 2. The van der Waals surface area contributed by atoms with Crippen LogP contribution in [-0.4, -0.2) is 36.9 Å². The highest BCUT2D eigenvalue weighted by molar-refractivity contribution is 6.02. The predicted octanol–water partition coefficient (Wildman–Crippen LogP) is 4.26. The van der Waals surface area contributed by atoms with Crippen molar-refractivity contribution in [3.05, 3.63) is 54.0 Å². The van der Waals surface area contributed by atoms with E-state index in [9.17, 15) is 4.79 Å². The molecule has 1 saturated heterocycles. The van der Waals surface area contributed by atoms with Gasteiger partial charge in [0.25, 0.3) is 5.91 Å². The summed E-state index contributed by atoms with van der Waals surface area (Å²) in [5, 5.41) is 6.35. The number of carbonyl (C=O) groups is 1. The number of likely N-dealkylation sites (tertiary alicyclic amines) is 1. The van der Waals surface area contributed by atoms with Gasteiger partial charge in [-0.05, 0) is 54.5 Å².